The Morgan fingerprint density at radius 2 is 1.95 bits per heavy atom. The number of likely N-dealkylation sites (tertiary alicyclic amines) is 2. The monoisotopic (exact) mass is 533 g/mol. The van der Waals surface area contributed by atoms with Gasteiger partial charge in [0.1, 0.15) is 18.0 Å². The van der Waals surface area contributed by atoms with Gasteiger partial charge < -0.3 is 23.6 Å². The molecule has 0 radical (unpaired) electrons. The van der Waals surface area contributed by atoms with Gasteiger partial charge >= 0.3 is 0 Å². The second-order valence-corrected chi connectivity index (χ2v) is 10.7. The van der Waals surface area contributed by atoms with Crippen LogP contribution in [0.1, 0.15) is 10.4 Å². The zero-order valence-corrected chi connectivity index (χ0v) is 21.5. The summed E-state index contributed by atoms with van der Waals surface area (Å²) in [5, 5.41) is 11.9. The average molecular weight is 534 g/mol. The molecule has 0 bridgehead atoms. The van der Waals surface area contributed by atoms with Gasteiger partial charge in [-0.2, -0.15) is 5.10 Å². The van der Waals surface area contributed by atoms with E-state index in [4.69, 9.17) is 18.7 Å². The minimum absolute atomic E-state index is 0.0384. The predicted molar refractivity (Wildman–Crippen MR) is 139 cm³/mol. The second kappa shape index (κ2) is 9.44. The van der Waals surface area contributed by atoms with Crippen molar-refractivity contribution in [1.82, 2.24) is 25.2 Å². The maximum Gasteiger partial charge on any atom is 0.253 e. The van der Waals surface area contributed by atoms with Crippen molar-refractivity contribution in [3.05, 3.63) is 53.8 Å². The number of fused-ring (bicyclic) bond motifs is 1. The molecule has 1 spiro atoms. The lowest BCUT2D eigenvalue weighted by molar-refractivity contribution is -0.206. The number of benzene rings is 2. The zero-order chi connectivity index (χ0) is 26.6. The first kappa shape index (κ1) is 24.3. The maximum atomic E-state index is 14.6. The predicted octanol–water partition coefficient (Wildman–Crippen LogP) is 3.21. The third-order valence-electron chi connectivity index (χ3n) is 7.89. The summed E-state index contributed by atoms with van der Waals surface area (Å²) in [4.78, 5) is 17.3. The van der Waals surface area contributed by atoms with E-state index >= 15 is 0 Å². The van der Waals surface area contributed by atoms with Crippen molar-refractivity contribution in [3.63, 3.8) is 0 Å². The highest BCUT2D eigenvalue weighted by molar-refractivity contribution is 5.95. The maximum absolute atomic E-state index is 14.6. The second-order valence-electron chi connectivity index (χ2n) is 10.7. The minimum atomic E-state index is -0.503. The van der Waals surface area contributed by atoms with Crippen molar-refractivity contribution in [3.8, 4) is 28.5 Å². The number of methoxy groups -OCH3 is 1. The van der Waals surface area contributed by atoms with Crippen LogP contribution in [0.3, 0.4) is 0 Å². The first-order valence-corrected chi connectivity index (χ1v) is 13.0. The van der Waals surface area contributed by atoms with Crippen LogP contribution in [-0.4, -0.2) is 96.8 Å². The Morgan fingerprint density at radius 3 is 2.67 bits per heavy atom. The summed E-state index contributed by atoms with van der Waals surface area (Å²) in [6.45, 7) is 6.05. The fraction of sp³-hybridized carbons (Fsp3) is 0.393. The fourth-order valence-electron chi connectivity index (χ4n) is 5.54. The van der Waals surface area contributed by atoms with E-state index in [0.717, 1.165) is 45.0 Å². The lowest BCUT2D eigenvalue weighted by atomic mass is 9.76. The molecule has 202 valence electrons. The molecule has 1 N–H and O–H groups in total. The fourth-order valence-corrected chi connectivity index (χ4v) is 5.54. The number of aromatic nitrogens is 3. The van der Waals surface area contributed by atoms with Gasteiger partial charge in [0.05, 0.1) is 25.3 Å². The third kappa shape index (κ3) is 4.26. The van der Waals surface area contributed by atoms with E-state index < -0.39 is 5.82 Å². The van der Waals surface area contributed by atoms with E-state index in [1.807, 2.05) is 29.2 Å². The van der Waals surface area contributed by atoms with Crippen LogP contribution in [0.25, 0.3) is 33.6 Å². The summed E-state index contributed by atoms with van der Waals surface area (Å²) < 4.78 is 35.9. The number of hydrogen-bond acceptors (Lipinski definition) is 8. The van der Waals surface area contributed by atoms with Gasteiger partial charge in [-0.1, -0.05) is 17.3 Å². The van der Waals surface area contributed by atoms with Gasteiger partial charge in [-0.25, -0.2) is 4.39 Å². The normalized spacial score (nSPS) is 18.7. The number of aromatic amines is 1. The number of halogens is 1. The molecule has 4 aromatic rings. The van der Waals surface area contributed by atoms with Gasteiger partial charge in [0.25, 0.3) is 5.91 Å². The van der Waals surface area contributed by atoms with Gasteiger partial charge in [0.2, 0.25) is 0 Å². The van der Waals surface area contributed by atoms with Crippen LogP contribution >= 0.6 is 0 Å². The Bertz CT molecular complexity index is 1520. The van der Waals surface area contributed by atoms with Crippen molar-refractivity contribution in [2.24, 2.45) is 5.41 Å². The van der Waals surface area contributed by atoms with Crippen molar-refractivity contribution in [2.75, 3.05) is 59.7 Å². The van der Waals surface area contributed by atoms with Crippen molar-refractivity contribution < 1.29 is 27.9 Å². The average Bonchev–Trinajstić information content (AvgIpc) is 3.50. The van der Waals surface area contributed by atoms with Crippen LogP contribution in [-0.2, 0) is 9.47 Å². The molecule has 3 fully saturated rings. The molecular formula is C28H28FN5O5. The molecular weight excluding hydrogens is 505 g/mol. The van der Waals surface area contributed by atoms with Crippen LogP contribution in [0.4, 0.5) is 4.39 Å². The summed E-state index contributed by atoms with van der Waals surface area (Å²) in [6.07, 6.45) is 0. The van der Waals surface area contributed by atoms with E-state index in [2.05, 4.69) is 20.3 Å². The number of carbonyl (C=O) groups excluding carboxylic acids is 1. The topological polar surface area (TPSA) is 106 Å². The lowest BCUT2D eigenvalue weighted by Gasteiger charge is -2.60. The number of nitrogens with zero attached hydrogens (tertiary/aromatic N) is 4. The molecule has 39 heavy (non-hydrogen) atoms. The third-order valence-corrected chi connectivity index (χ3v) is 7.89. The molecule has 2 aromatic heterocycles. The van der Waals surface area contributed by atoms with E-state index in [-0.39, 0.29) is 18.3 Å². The Morgan fingerprint density at radius 1 is 1.15 bits per heavy atom. The molecule has 0 unspecified atom stereocenters. The van der Waals surface area contributed by atoms with Crippen LogP contribution in [0.15, 0.2) is 47.0 Å². The first-order valence-electron chi connectivity index (χ1n) is 13.0. The first-order chi connectivity index (χ1) is 19.0. The molecule has 10 nitrogen and oxygen atoms in total. The molecule has 7 rings (SSSR count). The Balaban J connectivity index is 1.01. The number of amides is 1. The number of carbonyl (C=O) groups is 1. The highest BCUT2D eigenvalue weighted by Crippen LogP contribution is 2.40. The smallest absolute Gasteiger partial charge is 0.253 e. The molecule has 0 aliphatic carbocycles. The van der Waals surface area contributed by atoms with Gasteiger partial charge in [-0.3, -0.25) is 14.8 Å². The molecule has 3 aliphatic rings. The van der Waals surface area contributed by atoms with Crippen molar-refractivity contribution in [2.45, 2.75) is 6.04 Å². The molecule has 0 atom stereocenters. The van der Waals surface area contributed by atoms with Gasteiger partial charge in [-0.05, 0) is 18.2 Å². The SMILES string of the molecule is COCCOc1cc2[nH]nc(-c3cc(-c4ccc(C(=O)N5CC(N6CC7(COC7)C6)C5)cc4)no3)c2cc1F. The molecule has 1 amide bonds. The summed E-state index contributed by atoms with van der Waals surface area (Å²) in [5.41, 5.74) is 3.49. The quantitative estimate of drug-likeness (QED) is 0.344. The highest BCUT2D eigenvalue weighted by atomic mass is 19.1. The van der Waals surface area contributed by atoms with E-state index in [9.17, 15) is 9.18 Å². The van der Waals surface area contributed by atoms with E-state index in [1.165, 1.54) is 6.07 Å². The molecule has 0 saturated carbocycles. The number of ether oxygens (including phenoxy) is 3. The minimum Gasteiger partial charge on any atom is -0.488 e. The van der Waals surface area contributed by atoms with Crippen LogP contribution in [0.2, 0.25) is 0 Å². The zero-order valence-electron chi connectivity index (χ0n) is 21.5. The van der Waals surface area contributed by atoms with E-state index in [0.29, 0.717) is 51.7 Å². The largest absolute Gasteiger partial charge is 0.488 e. The molecule has 5 heterocycles. The van der Waals surface area contributed by atoms with Crippen LogP contribution in [0, 0.1) is 11.2 Å². The van der Waals surface area contributed by atoms with Gasteiger partial charge in [0, 0.05) is 73.4 Å². The van der Waals surface area contributed by atoms with Gasteiger partial charge in [-0.15, -0.1) is 0 Å². The number of nitrogens with one attached hydrogen (secondary N) is 1. The Labute approximate surface area is 223 Å². The highest BCUT2D eigenvalue weighted by Gasteiger charge is 2.52. The molecule has 11 heteroatoms. The standard InChI is InChI=1S/C28H28FN5O5/c1-36-6-7-38-24-10-23-20(8-21(24)29)26(31-30-23)25-9-22(32-39-25)17-2-4-18(5-3-17)27(35)33-11-19(12-33)34-13-28(14-34)15-37-16-28/h2-5,8-10,19H,6-7,11-16H2,1H3,(H,30,31). The summed E-state index contributed by atoms with van der Waals surface area (Å²) in [6, 6.07) is 12.5. The number of hydrogen-bond donors (Lipinski definition) is 1. The molecule has 3 aliphatic heterocycles. The summed E-state index contributed by atoms with van der Waals surface area (Å²) >= 11 is 0. The number of H-pyrrole nitrogens is 1. The Hall–Kier alpha value is -3.80. The lowest BCUT2D eigenvalue weighted by Crippen LogP contribution is -2.73. The summed E-state index contributed by atoms with van der Waals surface area (Å²) in [7, 11) is 1.56. The van der Waals surface area contributed by atoms with Crippen LogP contribution < -0.4 is 4.74 Å². The molecule has 3 saturated heterocycles. The van der Waals surface area contributed by atoms with Crippen LogP contribution in [0.5, 0.6) is 5.75 Å². The summed E-state index contributed by atoms with van der Waals surface area (Å²) in [5.74, 6) is 0.0544. The van der Waals surface area contributed by atoms with Crippen molar-refractivity contribution >= 4 is 16.8 Å². The van der Waals surface area contributed by atoms with E-state index in [1.54, 1.807) is 19.2 Å². The Kier molecular flexibility index (Phi) is 5.87. The van der Waals surface area contributed by atoms with Crippen molar-refractivity contribution in [1.29, 1.82) is 0 Å². The number of rotatable bonds is 8. The molecule has 2 aromatic carbocycles. The van der Waals surface area contributed by atoms with Gasteiger partial charge in [0.15, 0.2) is 17.3 Å².